The maximum Gasteiger partial charge on any atom is 0.240 e. The summed E-state index contributed by atoms with van der Waals surface area (Å²) in [6.07, 6.45) is 5.85. The van der Waals surface area contributed by atoms with Crippen LogP contribution in [0.5, 0.6) is 0 Å². The van der Waals surface area contributed by atoms with Crippen LogP contribution in [-0.4, -0.2) is 35.4 Å². The van der Waals surface area contributed by atoms with Crippen LogP contribution in [0.25, 0.3) is 0 Å². The highest BCUT2D eigenvalue weighted by molar-refractivity contribution is 5.82. The Morgan fingerprint density at radius 2 is 2.44 bits per heavy atom. The Balaban J connectivity index is 1.96. The number of aromatic nitrogens is 1. The zero-order valence-electron chi connectivity index (χ0n) is 11.1. The summed E-state index contributed by atoms with van der Waals surface area (Å²) in [4.78, 5) is 18.2. The number of nitrogens with zero attached hydrogens (tertiary/aromatic N) is 2. The Hall–Kier alpha value is -1.42. The summed E-state index contributed by atoms with van der Waals surface area (Å²) >= 11 is 0. The van der Waals surface area contributed by atoms with Gasteiger partial charge in [-0.2, -0.15) is 0 Å². The molecule has 1 N–H and O–H groups in total. The van der Waals surface area contributed by atoms with E-state index in [-0.39, 0.29) is 11.9 Å². The number of hydrogen-bond acceptors (Lipinski definition) is 3. The maximum atomic E-state index is 12.4. The van der Waals surface area contributed by atoms with Gasteiger partial charge in [0.25, 0.3) is 0 Å². The van der Waals surface area contributed by atoms with Gasteiger partial charge in [0.1, 0.15) is 0 Å². The van der Waals surface area contributed by atoms with E-state index >= 15 is 0 Å². The minimum absolute atomic E-state index is 0.0274. The van der Waals surface area contributed by atoms with Crippen LogP contribution in [-0.2, 0) is 11.3 Å². The second-order valence-corrected chi connectivity index (χ2v) is 5.11. The smallest absolute Gasteiger partial charge is 0.240 e. The Bertz CT molecular complexity index is 393. The van der Waals surface area contributed by atoms with Crippen molar-refractivity contribution >= 4 is 5.91 Å². The minimum atomic E-state index is -0.0274. The number of hydrogen-bond donors (Lipinski definition) is 1. The summed E-state index contributed by atoms with van der Waals surface area (Å²) in [7, 11) is 1.86. The predicted octanol–water partition coefficient (Wildman–Crippen LogP) is 1.43. The first-order valence-corrected chi connectivity index (χ1v) is 6.55. The van der Waals surface area contributed by atoms with E-state index in [2.05, 4.69) is 17.2 Å². The Morgan fingerprint density at radius 3 is 3.11 bits per heavy atom. The van der Waals surface area contributed by atoms with Gasteiger partial charge in [-0.1, -0.05) is 13.0 Å². The van der Waals surface area contributed by atoms with Crippen molar-refractivity contribution in [3.05, 3.63) is 30.1 Å². The van der Waals surface area contributed by atoms with Crippen LogP contribution in [0.4, 0.5) is 0 Å². The van der Waals surface area contributed by atoms with Gasteiger partial charge in [-0.15, -0.1) is 0 Å². The number of carbonyl (C=O) groups is 1. The molecule has 0 saturated carbocycles. The van der Waals surface area contributed by atoms with Crippen LogP contribution in [0, 0.1) is 5.92 Å². The van der Waals surface area contributed by atoms with Crippen LogP contribution >= 0.6 is 0 Å². The highest BCUT2D eigenvalue weighted by Gasteiger charge is 2.29. The molecule has 4 heteroatoms. The maximum absolute atomic E-state index is 12.4. The first-order valence-electron chi connectivity index (χ1n) is 6.55. The summed E-state index contributed by atoms with van der Waals surface area (Å²) in [5.74, 6) is 0.605. The molecule has 1 aliphatic rings. The van der Waals surface area contributed by atoms with Crippen LogP contribution < -0.4 is 5.32 Å². The molecule has 0 aromatic carbocycles. The molecule has 2 atom stereocenters. The highest BCUT2D eigenvalue weighted by atomic mass is 16.2. The molecule has 98 valence electrons. The number of amides is 1. The second kappa shape index (κ2) is 5.96. The lowest BCUT2D eigenvalue weighted by molar-refractivity contribution is -0.134. The van der Waals surface area contributed by atoms with Crippen molar-refractivity contribution in [2.45, 2.75) is 32.4 Å². The largest absolute Gasteiger partial charge is 0.340 e. The molecule has 1 aromatic heterocycles. The van der Waals surface area contributed by atoms with Crippen molar-refractivity contribution in [3.63, 3.8) is 0 Å². The number of pyridine rings is 1. The number of rotatable bonds is 3. The third kappa shape index (κ3) is 3.07. The molecule has 2 rings (SSSR count). The zero-order valence-corrected chi connectivity index (χ0v) is 11.1. The van der Waals surface area contributed by atoms with Gasteiger partial charge < -0.3 is 10.2 Å². The van der Waals surface area contributed by atoms with Gasteiger partial charge in [0.2, 0.25) is 5.91 Å². The lowest BCUT2D eigenvalue weighted by Gasteiger charge is -2.32. The molecule has 2 heterocycles. The number of nitrogens with one attached hydrogen (secondary N) is 1. The molecule has 0 radical (unpaired) electrons. The average Bonchev–Trinajstić information content (AvgIpc) is 2.39. The van der Waals surface area contributed by atoms with E-state index in [0.717, 1.165) is 24.9 Å². The molecule has 1 amide bonds. The topological polar surface area (TPSA) is 45.2 Å². The standard InChI is InChI=1S/C14H21N3O/c1-11-5-3-8-16-13(11)14(18)17(2)10-12-6-4-7-15-9-12/h4,6-7,9,11,13,16H,3,5,8,10H2,1-2H3. The first kappa shape index (κ1) is 13.0. The number of piperidine rings is 1. The van der Waals surface area contributed by atoms with Crippen molar-refractivity contribution in [2.24, 2.45) is 5.92 Å². The summed E-state index contributed by atoms with van der Waals surface area (Å²) in [5.41, 5.74) is 1.07. The summed E-state index contributed by atoms with van der Waals surface area (Å²) < 4.78 is 0. The molecule has 2 unspecified atom stereocenters. The lowest BCUT2D eigenvalue weighted by Crippen LogP contribution is -2.51. The molecule has 1 aromatic rings. The fourth-order valence-electron chi connectivity index (χ4n) is 2.46. The SMILES string of the molecule is CC1CCCNC1C(=O)N(C)Cc1cccnc1. The molecule has 4 nitrogen and oxygen atoms in total. The first-order chi connectivity index (χ1) is 8.68. The van der Waals surface area contributed by atoms with Gasteiger partial charge in [-0.25, -0.2) is 0 Å². The fourth-order valence-corrected chi connectivity index (χ4v) is 2.46. The number of carbonyl (C=O) groups excluding carboxylic acids is 1. The Labute approximate surface area is 108 Å². The molecule has 1 fully saturated rings. The normalized spacial score (nSPS) is 23.7. The predicted molar refractivity (Wildman–Crippen MR) is 70.9 cm³/mol. The van der Waals surface area contributed by atoms with Crippen LogP contribution in [0.2, 0.25) is 0 Å². The minimum Gasteiger partial charge on any atom is -0.340 e. The van der Waals surface area contributed by atoms with E-state index < -0.39 is 0 Å². The van der Waals surface area contributed by atoms with E-state index in [4.69, 9.17) is 0 Å². The van der Waals surface area contributed by atoms with E-state index in [1.165, 1.54) is 0 Å². The van der Waals surface area contributed by atoms with Crippen molar-refractivity contribution in [1.29, 1.82) is 0 Å². The monoisotopic (exact) mass is 247 g/mol. The van der Waals surface area contributed by atoms with Crippen LogP contribution in [0.1, 0.15) is 25.3 Å². The number of likely N-dealkylation sites (N-methyl/N-ethyl adjacent to an activating group) is 1. The van der Waals surface area contributed by atoms with Crippen molar-refractivity contribution in [1.82, 2.24) is 15.2 Å². The van der Waals surface area contributed by atoms with Gasteiger partial charge in [0.15, 0.2) is 0 Å². The van der Waals surface area contributed by atoms with E-state index in [1.54, 1.807) is 11.1 Å². The Morgan fingerprint density at radius 1 is 1.61 bits per heavy atom. The van der Waals surface area contributed by atoms with Crippen LogP contribution in [0.15, 0.2) is 24.5 Å². The van der Waals surface area contributed by atoms with E-state index in [0.29, 0.717) is 12.5 Å². The van der Waals surface area contributed by atoms with Gasteiger partial charge in [0, 0.05) is 26.0 Å². The molecule has 1 aliphatic heterocycles. The van der Waals surface area contributed by atoms with Crippen molar-refractivity contribution in [3.8, 4) is 0 Å². The molecule has 0 bridgehead atoms. The lowest BCUT2D eigenvalue weighted by atomic mass is 9.92. The molecule has 1 saturated heterocycles. The highest BCUT2D eigenvalue weighted by Crippen LogP contribution is 2.17. The molecule has 0 aliphatic carbocycles. The summed E-state index contributed by atoms with van der Waals surface area (Å²) in [6.45, 7) is 3.71. The van der Waals surface area contributed by atoms with Crippen molar-refractivity contribution < 1.29 is 4.79 Å². The van der Waals surface area contributed by atoms with E-state index in [9.17, 15) is 4.79 Å². The quantitative estimate of drug-likeness (QED) is 0.879. The summed E-state index contributed by atoms with van der Waals surface area (Å²) in [5, 5.41) is 3.33. The molecular weight excluding hydrogens is 226 g/mol. The third-order valence-corrected chi connectivity index (χ3v) is 3.55. The molecule has 0 spiro atoms. The fraction of sp³-hybridized carbons (Fsp3) is 0.571. The van der Waals surface area contributed by atoms with Crippen LogP contribution in [0.3, 0.4) is 0 Å². The van der Waals surface area contributed by atoms with E-state index in [1.807, 2.05) is 25.4 Å². The van der Waals surface area contributed by atoms with Gasteiger partial charge in [0.05, 0.1) is 6.04 Å². The third-order valence-electron chi connectivity index (χ3n) is 3.55. The van der Waals surface area contributed by atoms with Crippen molar-refractivity contribution in [2.75, 3.05) is 13.6 Å². The average molecular weight is 247 g/mol. The summed E-state index contributed by atoms with van der Waals surface area (Å²) in [6, 6.07) is 3.87. The van der Waals surface area contributed by atoms with Gasteiger partial charge >= 0.3 is 0 Å². The zero-order chi connectivity index (χ0) is 13.0. The van der Waals surface area contributed by atoms with Gasteiger partial charge in [-0.3, -0.25) is 9.78 Å². The Kier molecular flexibility index (Phi) is 4.31. The van der Waals surface area contributed by atoms with Gasteiger partial charge in [-0.05, 0) is 36.9 Å². The second-order valence-electron chi connectivity index (χ2n) is 5.11. The molecule has 18 heavy (non-hydrogen) atoms. The molecular formula is C14H21N3O.